The first-order valence-electron chi connectivity index (χ1n) is 7.84. The molecule has 1 heterocycles. The average Bonchev–Trinajstić information content (AvgIpc) is 2.59. The SMILES string of the molecule is CO[C@H]1OC(CO)[C@@H](C)C(C)[C@@H]1OS(=O)(=O)Oc1ccc([N+](=O)[O-])cc1. The topological polar surface area (TPSA) is 134 Å². The summed E-state index contributed by atoms with van der Waals surface area (Å²) in [6.45, 7) is 3.33. The number of nitro groups is 1. The Balaban J connectivity index is 2.12. The van der Waals surface area contributed by atoms with Crippen molar-refractivity contribution in [2.45, 2.75) is 32.3 Å². The van der Waals surface area contributed by atoms with Crippen molar-refractivity contribution >= 4 is 16.1 Å². The molecule has 0 radical (unpaired) electrons. The second-order valence-corrected chi connectivity index (χ2v) is 7.16. The third kappa shape index (κ3) is 4.68. The van der Waals surface area contributed by atoms with Gasteiger partial charge in [0.25, 0.3) is 5.69 Å². The smallest absolute Gasteiger partial charge is 0.394 e. The lowest BCUT2D eigenvalue weighted by Crippen LogP contribution is -2.53. The quantitative estimate of drug-likeness (QED) is 0.538. The van der Waals surface area contributed by atoms with Gasteiger partial charge in [-0.1, -0.05) is 13.8 Å². The molecule has 26 heavy (non-hydrogen) atoms. The van der Waals surface area contributed by atoms with Crippen LogP contribution in [0, 0.1) is 22.0 Å². The van der Waals surface area contributed by atoms with E-state index in [1.807, 2.05) is 0 Å². The molecule has 1 aliphatic heterocycles. The van der Waals surface area contributed by atoms with Crippen molar-refractivity contribution < 1.29 is 36.3 Å². The van der Waals surface area contributed by atoms with Crippen LogP contribution in [0.5, 0.6) is 5.75 Å². The molecule has 1 aliphatic rings. The zero-order valence-electron chi connectivity index (χ0n) is 14.5. The summed E-state index contributed by atoms with van der Waals surface area (Å²) in [5.41, 5.74) is -0.201. The molecule has 0 aliphatic carbocycles. The third-order valence-electron chi connectivity index (χ3n) is 4.40. The molecule has 11 heteroatoms. The number of aliphatic hydroxyl groups is 1. The van der Waals surface area contributed by atoms with Crippen molar-refractivity contribution in [2.75, 3.05) is 13.7 Å². The van der Waals surface area contributed by atoms with Gasteiger partial charge in [-0.2, -0.15) is 8.42 Å². The number of nitro benzene ring substituents is 1. The maximum atomic E-state index is 12.2. The Morgan fingerprint density at radius 3 is 2.35 bits per heavy atom. The number of ether oxygens (including phenoxy) is 2. The molecular formula is C15H21NO9S. The van der Waals surface area contributed by atoms with Crippen LogP contribution in [0.15, 0.2) is 24.3 Å². The number of benzene rings is 1. The summed E-state index contributed by atoms with van der Waals surface area (Å²) in [5, 5.41) is 20.0. The van der Waals surface area contributed by atoms with Crippen LogP contribution < -0.4 is 4.18 Å². The number of nitrogens with zero attached hydrogens (tertiary/aromatic N) is 1. The lowest BCUT2D eigenvalue weighted by Gasteiger charge is -2.42. The first kappa shape index (κ1) is 20.5. The molecule has 10 nitrogen and oxygen atoms in total. The molecule has 1 N–H and O–H groups in total. The van der Waals surface area contributed by atoms with Crippen molar-refractivity contribution in [3.05, 3.63) is 34.4 Å². The van der Waals surface area contributed by atoms with Gasteiger partial charge < -0.3 is 18.8 Å². The molecule has 0 amide bonds. The fourth-order valence-electron chi connectivity index (χ4n) is 2.69. The van der Waals surface area contributed by atoms with Crippen molar-refractivity contribution in [2.24, 2.45) is 11.8 Å². The molecule has 1 saturated heterocycles. The minimum absolute atomic E-state index is 0.129. The number of hydrogen-bond acceptors (Lipinski definition) is 9. The maximum absolute atomic E-state index is 12.2. The van der Waals surface area contributed by atoms with Crippen LogP contribution in [0.3, 0.4) is 0 Å². The van der Waals surface area contributed by atoms with Crippen molar-refractivity contribution in [3.8, 4) is 5.75 Å². The van der Waals surface area contributed by atoms with Gasteiger partial charge in [-0.3, -0.25) is 10.1 Å². The van der Waals surface area contributed by atoms with Crippen LogP contribution >= 0.6 is 0 Å². The van der Waals surface area contributed by atoms with Crippen molar-refractivity contribution in [1.29, 1.82) is 0 Å². The Morgan fingerprint density at radius 2 is 1.85 bits per heavy atom. The largest absolute Gasteiger partial charge is 0.449 e. The van der Waals surface area contributed by atoms with E-state index in [4.69, 9.17) is 17.8 Å². The fraction of sp³-hybridized carbons (Fsp3) is 0.600. The second-order valence-electron chi connectivity index (χ2n) is 5.98. The van der Waals surface area contributed by atoms with E-state index in [1.54, 1.807) is 13.8 Å². The number of rotatable bonds is 7. The molecule has 0 spiro atoms. The summed E-state index contributed by atoms with van der Waals surface area (Å²) in [7, 11) is -3.15. The van der Waals surface area contributed by atoms with Gasteiger partial charge in [0.05, 0.1) is 17.6 Å². The standard InChI is InChI=1S/C15H21NO9S/c1-9-10(2)14(15(22-3)23-13(9)8-17)25-26(20,21)24-12-6-4-11(5-7-12)16(18)19/h4-7,9-10,13-15,17H,8H2,1-3H3/t9-,10?,13?,14-,15-/m0/s1. The highest BCUT2D eigenvalue weighted by Gasteiger charge is 2.44. The summed E-state index contributed by atoms with van der Waals surface area (Å²) in [6, 6.07) is 4.53. The highest BCUT2D eigenvalue weighted by atomic mass is 32.3. The third-order valence-corrected chi connectivity index (χ3v) is 5.25. The molecule has 1 aromatic rings. The van der Waals surface area contributed by atoms with E-state index in [-0.39, 0.29) is 29.9 Å². The lowest BCUT2D eigenvalue weighted by atomic mass is 9.84. The van der Waals surface area contributed by atoms with E-state index in [1.165, 1.54) is 7.11 Å². The summed E-state index contributed by atoms with van der Waals surface area (Å²) in [5.74, 6) is -0.637. The van der Waals surface area contributed by atoms with Crippen LogP contribution in [0.4, 0.5) is 5.69 Å². The first-order valence-corrected chi connectivity index (χ1v) is 9.18. The summed E-state index contributed by atoms with van der Waals surface area (Å²) in [4.78, 5) is 10.0. The van der Waals surface area contributed by atoms with Crippen LogP contribution in [-0.2, 0) is 24.1 Å². The summed E-state index contributed by atoms with van der Waals surface area (Å²) >= 11 is 0. The monoisotopic (exact) mass is 391 g/mol. The molecule has 1 fully saturated rings. The van der Waals surface area contributed by atoms with E-state index >= 15 is 0 Å². The molecule has 146 valence electrons. The zero-order chi connectivity index (χ0) is 19.5. The summed E-state index contributed by atoms with van der Waals surface area (Å²) < 4.78 is 45.1. The van der Waals surface area contributed by atoms with Crippen LogP contribution in [0.2, 0.25) is 0 Å². The molecule has 1 aromatic carbocycles. The highest BCUT2D eigenvalue weighted by molar-refractivity contribution is 7.82. The summed E-state index contributed by atoms with van der Waals surface area (Å²) in [6.07, 6.45) is -2.50. The lowest BCUT2D eigenvalue weighted by molar-refractivity contribution is -0.384. The predicted octanol–water partition coefficient (Wildman–Crippen LogP) is 1.24. The molecule has 0 saturated carbocycles. The van der Waals surface area contributed by atoms with E-state index in [0.717, 1.165) is 24.3 Å². The zero-order valence-corrected chi connectivity index (χ0v) is 15.3. The highest BCUT2D eigenvalue weighted by Crippen LogP contribution is 2.34. The van der Waals surface area contributed by atoms with E-state index in [2.05, 4.69) is 0 Å². The minimum Gasteiger partial charge on any atom is -0.394 e. The van der Waals surface area contributed by atoms with Gasteiger partial charge in [0.2, 0.25) is 0 Å². The Bertz CT molecular complexity index is 719. The first-order chi connectivity index (χ1) is 12.2. The fourth-order valence-corrected chi connectivity index (χ4v) is 3.61. The van der Waals surface area contributed by atoms with Gasteiger partial charge in [-0.15, -0.1) is 0 Å². The van der Waals surface area contributed by atoms with Gasteiger partial charge in [0.1, 0.15) is 11.9 Å². The van der Waals surface area contributed by atoms with Crippen LogP contribution in [-0.4, -0.2) is 50.7 Å². The predicted molar refractivity (Wildman–Crippen MR) is 88.6 cm³/mol. The van der Waals surface area contributed by atoms with Gasteiger partial charge in [0.15, 0.2) is 6.29 Å². The molecule has 2 rings (SSSR count). The molecular weight excluding hydrogens is 370 g/mol. The van der Waals surface area contributed by atoms with E-state index in [9.17, 15) is 23.6 Å². The number of non-ortho nitro benzene ring substituents is 1. The molecule has 0 bridgehead atoms. The number of hydrogen-bond donors (Lipinski definition) is 1. The van der Waals surface area contributed by atoms with Gasteiger partial charge in [0, 0.05) is 19.2 Å². The maximum Gasteiger partial charge on any atom is 0.449 e. The Morgan fingerprint density at radius 1 is 1.23 bits per heavy atom. The van der Waals surface area contributed by atoms with Crippen LogP contribution in [0.25, 0.3) is 0 Å². The number of methoxy groups -OCH3 is 1. The molecule has 2 unspecified atom stereocenters. The van der Waals surface area contributed by atoms with Gasteiger partial charge >= 0.3 is 10.4 Å². The van der Waals surface area contributed by atoms with Gasteiger partial charge in [-0.05, 0) is 24.0 Å². The van der Waals surface area contributed by atoms with Crippen molar-refractivity contribution in [3.63, 3.8) is 0 Å². The second kappa shape index (κ2) is 8.27. The Kier molecular flexibility index (Phi) is 6.53. The average molecular weight is 391 g/mol. The Hall–Kier alpha value is -1.79. The molecule has 0 aromatic heterocycles. The van der Waals surface area contributed by atoms with Crippen LogP contribution in [0.1, 0.15) is 13.8 Å². The van der Waals surface area contributed by atoms with Crippen molar-refractivity contribution in [1.82, 2.24) is 0 Å². The van der Waals surface area contributed by atoms with Gasteiger partial charge in [-0.25, -0.2) is 4.18 Å². The minimum atomic E-state index is -4.48. The number of aliphatic hydroxyl groups excluding tert-OH is 1. The normalized spacial score (nSPS) is 29.3. The Labute approximate surface area is 151 Å². The van der Waals surface area contributed by atoms with E-state index in [0.29, 0.717) is 0 Å². The van der Waals surface area contributed by atoms with E-state index < -0.39 is 33.8 Å². The molecule has 5 atom stereocenters.